The Morgan fingerprint density at radius 1 is 1.26 bits per heavy atom. The smallest absolute Gasteiger partial charge is 0.199 e. The maximum absolute atomic E-state index is 5.96. The van der Waals surface area contributed by atoms with E-state index in [1.165, 1.54) is 0 Å². The van der Waals surface area contributed by atoms with Crippen molar-refractivity contribution in [3.63, 3.8) is 0 Å². The number of benzene rings is 1. The molecule has 1 aliphatic rings. The molecule has 4 rings (SSSR count). The van der Waals surface area contributed by atoms with Crippen molar-refractivity contribution in [2.24, 2.45) is 7.05 Å². The van der Waals surface area contributed by atoms with Crippen LogP contribution in [0.15, 0.2) is 28.7 Å². The topological polar surface area (TPSA) is 60.0 Å². The van der Waals surface area contributed by atoms with E-state index in [4.69, 9.17) is 4.42 Å². The highest BCUT2D eigenvalue weighted by atomic mass is 16.3. The summed E-state index contributed by atoms with van der Waals surface area (Å²) in [5, 5.41) is 8.42. The van der Waals surface area contributed by atoms with Crippen molar-refractivity contribution in [1.29, 1.82) is 0 Å². The summed E-state index contributed by atoms with van der Waals surface area (Å²) in [6, 6.07) is 7.97. The highest BCUT2D eigenvalue weighted by Gasteiger charge is 2.26. The molecule has 23 heavy (non-hydrogen) atoms. The van der Waals surface area contributed by atoms with Crippen LogP contribution < -0.4 is 0 Å². The summed E-state index contributed by atoms with van der Waals surface area (Å²) in [6.45, 7) is 4.85. The van der Waals surface area contributed by atoms with Crippen LogP contribution >= 0.6 is 0 Å². The highest BCUT2D eigenvalue weighted by Crippen LogP contribution is 2.29. The fraction of sp³-hybridized carbons (Fsp3) is 0.471. The number of piperidine rings is 1. The summed E-state index contributed by atoms with van der Waals surface area (Å²) in [5.74, 6) is 3.18. The maximum Gasteiger partial charge on any atom is 0.199 e. The molecule has 3 aromatic rings. The SMILES string of the molecule is Cc1nnc(CN2CCCC(c3nc4ccccc4o3)C2)n1C. The minimum atomic E-state index is 0.352. The first kappa shape index (κ1) is 14.4. The molecule has 1 aliphatic heterocycles. The summed E-state index contributed by atoms with van der Waals surface area (Å²) in [7, 11) is 2.02. The zero-order chi connectivity index (χ0) is 15.8. The Morgan fingerprint density at radius 2 is 2.13 bits per heavy atom. The molecule has 6 heteroatoms. The van der Waals surface area contributed by atoms with E-state index in [0.29, 0.717) is 5.92 Å². The number of fused-ring (bicyclic) bond motifs is 1. The molecule has 6 nitrogen and oxygen atoms in total. The van der Waals surface area contributed by atoms with Crippen molar-refractivity contribution in [1.82, 2.24) is 24.6 Å². The molecule has 0 N–H and O–H groups in total. The molecule has 120 valence electrons. The Hall–Kier alpha value is -2.21. The van der Waals surface area contributed by atoms with Crippen molar-refractivity contribution in [2.45, 2.75) is 32.2 Å². The van der Waals surface area contributed by atoms with Crippen LogP contribution in [-0.4, -0.2) is 37.7 Å². The highest BCUT2D eigenvalue weighted by molar-refractivity contribution is 5.72. The maximum atomic E-state index is 5.96. The van der Waals surface area contributed by atoms with Gasteiger partial charge in [-0.3, -0.25) is 4.90 Å². The summed E-state index contributed by atoms with van der Waals surface area (Å²) in [5.41, 5.74) is 1.83. The van der Waals surface area contributed by atoms with Gasteiger partial charge >= 0.3 is 0 Å². The summed E-state index contributed by atoms with van der Waals surface area (Å²) < 4.78 is 8.02. The van der Waals surface area contributed by atoms with Crippen molar-refractivity contribution in [3.05, 3.63) is 41.8 Å². The van der Waals surface area contributed by atoms with Crippen LogP contribution in [0.1, 0.15) is 36.3 Å². The number of aromatic nitrogens is 4. The number of rotatable bonds is 3. The first-order valence-electron chi connectivity index (χ1n) is 8.13. The Morgan fingerprint density at radius 3 is 2.91 bits per heavy atom. The monoisotopic (exact) mass is 311 g/mol. The van der Waals surface area contributed by atoms with E-state index in [-0.39, 0.29) is 0 Å². The van der Waals surface area contributed by atoms with Crippen molar-refractivity contribution >= 4 is 11.1 Å². The van der Waals surface area contributed by atoms with Crippen LogP contribution in [0.4, 0.5) is 0 Å². The van der Waals surface area contributed by atoms with E-state index in [0.717, 1.165) is 61.1 Å². The third-order valence-electron chi connectivity index (χ3n) is 4.71. The van der Waals surface area contributed by atoms with E-state index in [2.05, 4.69) is 24.6 Å². The van der Waals surface area contributed by atoms with E-state index in [1.807, 2.05) is 38.2 Å². The number of nitrogens with zero attached hydrogens (tertiary/aromatic N) is 5. The van der Waals surface area contributed by atoms with Crippen LogP contribution in [0.5, 0.6) is 0 Å². The van der Waals surface area contributed by atoms with Crippen LogP contribution in [-0.2, 0) is 13.6 Å². The second kappa shape index (κ2) is 5.77. The molecule has 1 atom stereocenters. The van der Waals surface area contributed by atoms with E-state index >= 15 is 0 Å². The van der Waals surface area contributed by atoms with Crippen molar-refractivity contribution in [2.75, 3.05) is 13.1 Å². The Labute approximate surface area is 135 Å². The molecule has 1 unspecified atom stereocenters. The zero-order valence-corrected chi connectivity index (χ0v) is 13.6. The van der Waals surface area contributed by atoms with Crippen LogP contribution in [0, 0.1) is 6.92 Å². The standard InChI is InChI=1S/C17H21N5O/c1-12-19-20-16(21(12)2)11-22-9-5-6-13(10-22)17-18-14-7-3-4-8-15(14)23-17/h3-4,7-8,13H,5-6,9-11H2,1-2H3. The van der Waals surface area contributed by atoms with E-state index < -0.39 is 0 Å². The minimum Gasteiger partial charge on any atom is -0.440 e. The van der Waals surface area contributed by atoms with E-state index in [1.54, 1.807) is 0 Å². The quantitative estimate of drug-likeness (QED) is 0.744. The predicted molar refractivity (Wildman–Crippen MR) is 87.0 cm³/mol. The first-order valence-corrected chi connectivity index (χ1v) is 8.13. The van der Waals surface area contributed by atoms with Gasteiger partial charge in [0, 0.05) is 19.5 Å². The lowest BCUT2D eigenvalue weighted by atomic mass is 9.98. The Bertz CT molecular complexity index is 788. The molecular formula is C17H21N5O. The van der Waals surface area contributed by atoms with Gasteiger partial charge < -0.3 is 8.98 Å². The second-order valence-corrected chi connectivity index (χ2v) is 6.32. The molecule has 1 fully saturated rings. The van der Waals surface area contributed by atoms with Gasteiger partial charge in [0.15, 0.2) is 11.5 Å². The summed E-state index contributed by atoms with van der Waals surface area (Å²) >= 11 is 0. The van der Waals surface area contributed by atoms with Gasteiger partial charge in [0.05, 0.1) is 6.54 Å². The van der Waals surface area contributed by atoms with E-state index in [9.17, 15) is 0 Å². The van der Waals surface area contributed by atoms with Gasteiger partial charge in [0.2, 0.25) is 0 Å². The molecule has 1 aromatic carbocycles. The predicted octanol–water partition coefficient (Wildman–Crippen LogP) is 2.64. The normalized spacial score (nSPS) is 19.5. The lowest BCUT2D eigenvalue weighted by Crippen LogP contribution is -2.34. The largest absolute Gasteiger partial charge is 0.440 e. The van der Waals surface area contributed by atoms with Gasteiger partial charge in [-0.25, -0.2) is 4.98 Å². The van der Waals surface area contributed by atoms with Crippen molar-refractivity contribution in [3.8, 4) is 0 Å². The fourth-order valence-corrected chi connectivity index (χ4v) is 3.25. The number of hydrogen-bond donors (Lipinski definition) is 0. The van der Waals surface area contributed by atoms with Gasteiger partial charge in [-0.2, -0.15) is 0 Å². The molecule has 0 amide bonds. The number of hydrogen-bond acceptors (Lipinski definition) is 5. The molecule has 2 aromatic heterocycles. The summed E-state index contributed by atoms with van der Waals surface area (Å²) in [6.07, 6.45) is 2.28. The van der Waals surface area contributed by atoms with Crippen LogP contribution in [0.2, 0.25) is 0 Å². The molecule has 0 bridgehead atoms. The van der Waals surface area contributed by atoms with Crippen LogP contribution in [0.25, 0.3) is 11.1 Å². The molecule has 1 saturated heterocycles. The second-order valence-electron chi connectivity index (χ2n) is 6.32. The number of aryl methyl sites for hydroxylation is 1. The molecule has 0 saturated carbocycles. The number of oxazole rings is 1. The van der Waals surface area contributed by atoms with Gasteiger partial charge in [-0.15, -0.1) is 10.2 Å². The molecular weight excluding hydrogens is 290 g/mol. The minimum absolute atomic E-state index is 0.352. The average molecular weight is 311 g/mol. The Kier molecular flexibility index (Phi) is 3.61. The molecule has 0 aliphatic carbocycles. The first-order chi connectivity index (χ1) is 11.2. The molecule has 3 heterocycles. The zero-order valence-electron chi connectivity index (χ0n) is 13.6. The van der Waals surface area contributed by atoms with Crippen LogP contribution in [0.3, 0.4) is 0 Å². The third-order valence-corrected chi connectivity index (χ3v) is 4.71. The van der Waals surface area contributed by atoms with Gasteiger partial charge in [-0.1, -0.05) is 12.1 Å². The third kappa shape index (κ3) is 2.74. The number of para-hydroxylation sites is 2. The fourth-order valence-electron chi connectivity index (χ4n) is 3.25. The lowest BCUT2D eigenvalue weighted by Gasteiger charge is -2.30. The molecule has 0 radical (unpaired) electrons. The average Bonchev–Trinajstić information content (AvgIpc) is 3.14. The van der Waals surface area contributed by atoms with Crippen molar-refractivity contribution < 1.29 is 4.42 Å². The van der Waals surface area contributed by atoms with Gasteiger partial charge in [0.1, 0.15) is 17.2 Å². The van der Waals surface area contributed by atoms with Gasteiger partial charge in [-0.05, 0) is 38.4 Å². The Balaban J connectivity index is 1.51. The molecule has 0 spiro atoms. The lowest BCUT2D eigenvalue weighted by molar-refractivity contribution is 0.182. The van der Waals surface area contributed by atoms with Gasteiger partial charge in [0.25, 0.3) is 0 Å². The number of likely N-dealkylation sites (tertiary alicyclic amines) is 1. The summed E-state index contributed by atoms with van der Waals surface area (Å²) in [4.78, 5) is 7.10.